The fourth-order valence-corrected chi connectivity index (χ4v) is 6.62. The van der Waals surface area contributed by atoms with Gasteiger partial charge in [0.05, 0.1) is 11.4 Å². The quantitative estimate of drug-likeness (QED) is 0.770. The molecule has 2 saturated heterocycles. The van der Waals surface area contributed by atoms with Gasteiger partial charge in [0.15, 0.2) is 0 Å². The second-order valence-electron chi connectivity index (χ2n) is 8.55. The molecule has 5 heteroatoms. The molecule has 27 heavy (non-hydrogen) atoms. The summed E-state index contributed by atoms with van der Waals surface area (Å²) in [6, 6.07) is 9.73. The highest BCUT2D eigenvalue weighted by Gasteiger charge is 2.72. The molecular formula is C22H26N2O2S. The summed E-state index contributed by atoms with van der Waals surface area (Å²) in [6.07, 6.45) is 3.68. The third-order valence-corrected chi connectivity index (χ3v) is 8.07. The van der Waals surface area contributed by atoms with Crippen LogP contribution in [0.1, 0.15) is 53.3 Å². The van der Waals surface area contributed by atoms with Gasteiger partial charge in [0.1, 0.15) is 5.76 Å². The standard InChI is InChI=1S/C22H26N2O2S/c1-13-6-4-5-7-17(13)19-10-22(19)9-16-8-20(22)24(16)21(25)12-27-11-18-14(2)23-26-15(18)3/h4-7,16,19-20H,8-12H2,1-3H3. The topological polar surface area (TPSA) is 46.3 Å². The van der Waals surface area contributed by atoms with Gasteiger partial charge >= 0.3 is 0 Å². The molecule has 6 rings (SSSR count). The highest BCUT2D eigenvalue weighted by molar-refractivity contribution is 7.99. The molecule has 2 aromatic rings. The van der Waals surface area contributed by atoms with E-state index in [0.717, 1.165) is 22.8 Å². The Balaban J connectivity index is 1.21. The average Bonchev–Trinajstić information content (AvgIpc) is 2.87. The first-order chi connectivity index (χ1) is 13.0. The van der Waals surface area contributed by atoms with Crippen LogP contribution in [-0.2, 0) is 10.5 Å². The first-order valence-corrected chi connectivity index (χ1v) is 11.0. The van der Waals surface area contributed by atoms with Crippen LogP contribution in [0.5, 0.6) is 0 Å². The summed E-state index contributed by atoms with van der Waals surface area (Å²) in [4.78, 5) is 15.1. The number of aryl methyl sites for hydroxylation is 3. The van der Waals surface area contributed by atoms with E-state index in [2.05, 4.69) is 41.2 Å². The van der Waals surface area contributed by atoms with Gasteiger partial charge in [-0.05, 0) is 57.1 Å². The third-order valence-electron chi connectivity index (χ3n) is 7.13. The van der Waals surface area contributed by atoms with Crippen LogP contribution in [0.15, 0.2) is 28.8 Å². The summed E-state index contributed by atoms with van der Waals surface area (Å²) in [6.45, 7) is 6.12. The smallest absolute Gasteiger partial charge is 0.233 e. The van der Waals surface area contributed by atoms with Gasteiger partial charge in [-0.15, -0.1) is 11.8 Å². The van der Waals surface area contributed by atoms with Crippen molar-refractivity contribution in [2.24, 2.45) is 5.41 Å². The summed E-state index contributed by atoms with van der Waals surface area (Å²) < 4.78 is 5.22. The predicted molar refractivity (Wildman–Crippen MR) is 107 cm³/mol. The fraction of sp³-hybridized carbons (Fsp3) is 0.545. The maximum Gasteiger partial charge on any atom is 0.233 e. The fourth-order valence-electron chi connectivity index (χ4n) is 5.58. The molecule has 0 radical (unpaired) electrons. The Kier molecular flexibility index (Phi) is 3.94. The van der Waals surface area contributed by atoms with E-state index in [1.165, 1.54) is 30.4 Å². The van der Waals surface area contributed by atoms with Gasteiger partial charge in [0.2, 0.25) is 5.91 Å². The van der Waals surface area contributed by atoms with Crippen LogP contribution in [-0.4, -0.2) is 33.8 Å². The lowest BCUT2D eigenvalue weighted by molar-refractivity contribution is -0.137. The van der Waals surface area contributed by atoms with Crippen LogP contribution in [0, 0.1) is 26.2 Å². The normalized spacial score (nSPS) is 30.6. The van der Waals surface area contributed by atoms with E-state index in [1.54, 1.807) is 11.8 Å². The Labute approximate surface area is 164 Å². The number of nitrogens with zero attached hydrogens (tertiary/aromatic N) is 2. The van der Waals surface area contributed by atoms with Crippen LogP contribution in [0.2, 0.25) is 0 Å². The number of amides is 1. The zero-order chi connectivity index (χ0) is 18.8. The molecule has 4 fully saturated rings. The van der Waals surface area contributed by atoms with Crippen molar-refractivity contribution in [3.05, 3.63) is 52.4 Å². The van der Waals surface area contributed by atoms with Crippen LogP contribution in [0.25, 0.3) is 0 Å². The van der Waals surface area contributed by atoms with Gasteiger partial charge in [-0.3, -0.25) is 4.79 Å². The predicted octanol–water partition coefficient (Wildman–Crippen LogP) is 4.38. The molecule has 142 valence electrons. The lowest BCUT2D eigenvalue weighted by Gasteiger charge is -2.42. The molecule has 3 heterocycles. The maximum atomic E-state index is 12.9. The largest absolute Gasteiger partial charge is 0.361 e. The summed E-state index contributed by atoms with van der Waals surface area (Å²) >= 11 is 1.69. The molecule has 0 N–H and O–H groups in total. The molecule has 2 aliphatic carbocycles. The average molecular weight is 383 g/mol. The van der Waals surface area contributed by atoms with Crippen molar-refractivity contribution in [1.82, 2.24) is 10.1 Å². The molecule has 2 saturated carbocycles. The van der Waals surface area contributed by atoms with Gasteiger partial charge in [0, 0.05) is 28.8 Å². The Morgan fingerprint density at radius 1 is 1.30 bits per heavy atom. The van der Waals surface area contributed by atoms with Crippen LogP contribution >= 0.6 is 11.8 Å². The molecular weight excluding hydrogens is 356 g/mol. The van der Waals surface area contributed by atoms with Crippen molar-refractivity contribution in [3.63, 3.8) is 0 Å². The van der Waals surface area contributed by atoms with Gasteiger partial charge in [-0.1, -0.05) is 29.4 Å². The van der Waals surface area contributed by atoms with Gasteiger partial charge < -0.3 is 9.42 Å². The number of hydrogen-bond acceptors (Lipinski definition) is 4. The summed E-state index contributed by atoms with van der Waals surface area (Å²) in [5.41, 5.74) is 5.35. The molecule has 1 amide bonds. The molecule has 2 bridgehead atoms. The molecule has 1 aromatic carbocycles. The van der Waals surface area contributed by atoms with E-state index in [-0.39, 0.29) is 0 Å². The minimum absolute atomic E-state index is 0.320. The summed E-state index contributed by atoms with van der Waals surface area (Å²) in [5, 5.41) is 4.00. The van der Waals surface area contributed by atoms with Gasteiger partial charge in [-0.2, -0.15) is 0 Å². The summed E-state index contributed by atoms with van der Waals surface area (Å²) in [7, 11) is 0. The Hall–Kier alpha value is -1.75. The lowest BCUT2D eigenvalue weighted by Crippen LogP contribution is -2.54. The van der Waals surface area contributed by atoms with E-state index in [0.29, 0.717) is 35.1 Å². The highest BCUT2D eigenvalue weighted by Crippen LogP contribution is 2.74. The molecule has 4 unspecified atom stereocenters. The minimum atomic E-state index is 0.320. The van der Waals surface area contributed by atoms with Crippen LogP contribution < -0.4 is 0 Å². The number of rotatable bonds is 5. The lowest BCUT2D eigenvalue weighted by atomic mass is 9.91. The number of aromatic nitrogens is 1. The second kappa shape index (κ2) is 6.13. The van der Waals surface area contributed by atoms with Crippen molar-refractivity contribution < 1.29 is 9.32 Å². The number of carbonyl (C=O) groups is 1. The van der Waals surface area contributed by atoms with Crippen molar-refractivity contribution in [1.29, 1.82) is 0 Å². The van der Waals surface area contributed by atoms with Gasteiger partial charge in [-0.25, -0.2) is 0 Å². The molecule has 4 aliphatic rings. The van der Waals surface area contributed by atoms with E-state index < -0.39 is 0 Å². The molecule has 4 atom stereocenters. The summed E-state index contributed by atoms with van der Waals surface area (Å²) in [5.74, 6) is 3.20. The number of thioether (sulfide) groups is 1. The first kappa shape index (κ1) is 17.4. The molecule has 1 aromatic heterocycles. The van der Waals surface area contributed by atoms with Crippen LogP contribution in [0.4, 0.5) is 0 Å². The molecule has 4 nitrogen and oxygen atoms in total. The molecule has 1 spiro atoms. The molecule has 2 aliphatic heterocycles. The van der Waals surface area contributed by atoms with Crippen molar-refractivity contribution >= 4 is 17.7 Å². The number of carbonyl (C=O) groups excluding carboxylic acids is 1. The van der Waals surface area contributed by atoms with Crippen molar-refractivity contribution in [3.8, 4) is 0 Å². The highest BCUT2D eigenvalue weighted by atomic mass is 32.2. The maximum absolute atomic E-state index is 12.9. The van der Waals surface area contributed by atoms with Crippen molar-refractivity contribution in [2.75, 3.05) is 5.75 Å². The number of benzene rings is 1. The Bertz CT molecular complexity index is 888. The Morgan fingerprint density at radius 3 is 2.85 bits per heavy atom. The monoisotopic (exact) mass is 382 g/mol. The van der Waals surface area contributed by atoms with Gasteiger partial charge in [0.25, 0.3) is 0 Å². The zero-order valence-corrected chi connectivity index (χ0v) is 17.0. The van der Waals surface area contributed by atoms with E-state index in [4.69, 9.17) is 4.52 Å². The van der Waals surface area contributed by atoms with Crippen LogP contribution in [0.3, 0.4) is 0 Å². The zero-order valence-electron chi connectivity index (χ0n) is 16.2. The third kappa shape index (κ3) is 2.58. The van der Waals surface area contributed by atoms with E-state index in [9.17, 15) is 4.79 Å². The SMILES string of the molecule is Cc1ccccc1C1CC12CC1CC2N1C(=O)CSCc1c(C)noc1C. The van der Waals surface area contributed by atoms with E-state index >= 15 is 0 Å². The minimum Gasteiger partial charge on any atom is -0.361 e. The number of hydrogen-bond donors (Lipinski definition) is 0. The Morgan fingerprint density at radius 2 is 2.11 bits per heavy atom. The van der Waals surface area contributed by atoms with E-state index in [1.807, 2.05) is 13.8 Å². The second-order valence-corrected chi connectivity index (χ2v) is 9.54. The first-order valence-electron chi connectivity index (χ1n) is 9.87. The van der Waals surface area contributed by atoms with Crippen molar-refractivity contribution in [2.45, 2.75) is 63.8 Å².